The molecule has 0 amide bonds. The molecule has 372 valence electrons. The van der Waals surface area contributed by atoms with E-state index in [-0.39, 0.29) is 31.1 Å². The molecule has 1 unspecified atom stereocenters. The summed E-state index contributed by atoms with van der Waals surface area (Å²) in [7, 11) is 0. The molecular weight excluding hydrogens is 805 g/mol. The van der Waals surface area contributed by atoms with Gasteiger partial charge in [0, 0.05) is 19.3 Å². The first-order valence-electron chi connectivity index (χ1n) is 27.1. The molecule has 0 saturated carbocycles. The molecule has 0 N–H and O–H groups in total. The van der Waals surface area contributed by atoms with Crippen LogP contribution < -0.4 is 0 Å². The van der Waals surface area contributed by atoms with Gasteiger partial charge in [0.25, 0.3) is 0 Å². The van der Waals surface area contributed by atoms with Crippen molar-refractivity contribution in [3.8, 4) is 0 Å². The molecule has 0 saturated heterocycles. The van der Waals surface area contributed by atoms with Crippen LogP contribution >= 0.6 is 0 Å². The van der Waals surface area contributed by atoms with Crippen molar-refractivity contribution in [1.82, 2.24) is 0 Å². The molecule has 0 rings (SSSR count). The van der Waals surface area contributed by atoms with Gasteiger partial charge in [-0.25, -0.2) is 0 Å². The van der Waals surface area contributed by atoms with Crippen molar-refractivity contribution in [3.63, 3.8) is 0 Å². The minimum atomic E-state index is -0.794. The molecule has 65 heavy (non-hydrogen) atoms. The predicted molar refractivity (Wildman–Crippen MR) is 279 cm³/mol. The average molecular weight is 905 g/mol. The number of rotatable bonds is 48. The molecule has 0 radical (unpaired) electrons. The fourth-order valence-corrected chi connectivity index (χ4v) is 7.32. The number of esters is 3. The molecule has 0 aromatic carbocycles. The number of hydrogen-bond acceptors (Lipinski definition) is 6. The highest BCUT2D eigenvalue weighted by atomic mass is 16.6. The van der Waals surface area contributed by atoms with Crippen molar-refractivity contribution in [2.75, 3.05) is 13.2 Å². The number of ether oxygens (including phenoxy) is 3. The number of hydrogen-bond donors (Lipinski definition) is 0. The topological polar surface area (TPSA) is 78.9 Å². The zero-order valence-electron chi connectivity index (χ0n) is 42.5. The Kier molecular flexibility index (Phi) is 50.4. The van der Waals surface area contributed by atoms with Gasteiger partial charge in [-0.05, 0) is 96.3 Å². The minimum absolute atomic E-state index is 0.0911. The Bertz CT molecular complexity index is 1270. The SMILES string of the molecule is CC/C=C\C/C=C\C/C=C\C/C=C\C/C=C\C/C=C\CCCCC(=O)OCC(COC(=O)CCCCCCCCCCC)OC(=O)CCCCCCCCC/C=C\CCCCCCCC. The van der Waals surface area contributed by atoms with Crippen molar-refractivity contribution in [1.29, 1.82) is 0 Å². The lowest BCUT2D eigenvalue weighted by molar-refractivity contribution is -0.167. The second kappa shape index (κ2) is 53.2. The summed E-state index contributed by atoms with van der Waals surface area (Å²) in [6.45, 7) is 6.46. The Hall–Kier alpha value is -3.41. The second-order valence-electron chi connectivity index (χ2n) is 17.8. The summed E-state index contributed by atoms with van der Waals surface area (Å²) >= 11 is 0. The molecule has 0 aliphatic rings. The van der Waals surface area contributed by atoms with Gasteiger partial charge >= 0.3 is 17.9 Å². The molecule has 6 nitrogen and oxygen atoms in total. The van der Waals surface area contributed by atoms with Crippen LogP contribution in [0, 0.1) is 0 Å². The van der Waals surface area contributed by atoms with Crippen molar-refractivity contribution in [2.24, 2.45) is 0 Å². The van der Waals surface area contributed by atoms with Crippen LogP contribution in [-0.2, 0) is 28.6 Å². The van der Waals surface area contributed by atoms with E-state index in [2.05, 4.69) is 106 Å². The van der Waals surface area contributed by atoms with E-state index in [1.54, 1.807) is 0 Å². The maximum absolute atomic E-state index is 12.8. The first-order chi connectivity index (χ1) is 32.0. The smallest absolute Gasteiger partial charge is 0.306 e. The summed E-state index contributed by atoms with van der Waals surface area (Å²) in [6.07, 6.45) is 68.6. The third-order valence-corrected chi connectivity index (χ3v) is 11.4. The maximum Gasteiger partial charge on any atom is 0.306 e. The highest BCUT2D eigenvalue weighted by Gasteiger charge is 2.19. The zero-order chi connectivity index (χ0) is 47.2. The summed E-state index contributed by atoms with van der Waals surface area (Å²) in [4.78, 5) is 38.0. The molecule has 0 bridgehead atoms. The van der Waals surface area contributed by atoms with E-state index in [1.807, 2.05) is 0 Å². The normalized spacial score (nSPS) is 12.7. The highest BCUT2D eigenvalue weighted by molar-refractivity contribution is 5.71. The van der Waals surface area contributed by atoms with Crippen molar-refractivity contribution in [3.05, 3.63) is 85.1 Å². The molecular formula is C59H100O6. The van der Waals surface area contributed by atoms with Gasteiger partial charge < -0.3 is 14.2 Å². The average Bonchev–Trinajstić information content (AvgIpc) is 3.30. The van der Waals surface area contributed by atoms with E-state index in [0.717, 1.165) is 96.3 Å². The largest absolute Gasteiger partial charge is 0.462 e. The van der Waals surface area contributed by atoms with Crippen LogP contribution in [-0.4, -0.2) is 37.2 Å². The number of carbonyl (C=O) groups excluding carboxylic acids is 3. The van der Waals surface area contributed by atoms with E-state index in [1.165, 1.54) is 116 Å². The van der Waals surface area contributed by atoms with Crippen LogP contribution in [0.15, 0.2) is 85.1 Å². The molecule has 0 aromatic heterocycles. The van der Waals surface area contributed by atoms with Gasteiger partial charge in [-0.2, -0.15) is 0 Å². The molecule has 0 spiro atoms. The van der Waals surface area contributed by atoms with Crippen LogP contribution in [0.3, 0.4) is 0 Å². The molecule has 0 heterocycles. The van der Waals surface area contributed by atoms with Crippen LogP contribution in [0.1, 0.15) is 252 Å². The first kappa shape index (κ1) is 61.6. The molecule has 1 atom stereocenters. The Labute approximate surface area is 401 Å². The van der Waals surface area contributed by atoms with Crippen LogP contribution in [0.25, 0.3) is 0 Å². The number of unbranched alkanes of at least 4 members (excludes halogenated alkanes) is 23. The van der Waals surface area contributed by atoms with Gasteiger partial charge in [-0.15, -0.1) is 0 Å². The van der Waals surface area contributed by atoms with E-state index in [9.17, 15) is 14.4 Å². The highest BCUT2D eigenvalue weighted by Crippen LogP contribution is 2.14. The van der Waals surface area contributed by atoms with Gasteiger partial charge in [-0.3, -0.25) is 14.4 Å². The number of carbonyl (C=O) groups is 3. The summed E-state index contributed by atoms with van der Waals surface area (Å²) in [5.41, 5.74) is 0. The fourth-order valence-electron chi connectivity index (χ4n) is 7.32. The summed E-state index contributed by atoms with van der Waals surface area (Å²) in [6, 6.07) is 0. The standard InChI is InChI=1S/C59H100O6/c1-4-7-10-13-16-19-21-23-25-27-28-29-30-32-33-35-37-40-43-46-49-52-58(61)64-55-56(54-63-57(60)51-48-45-42-39-18-15-12-9-6-3)65-59(62)53-50-47-44-41-38-36-34-31-26-24-22-20-17-14-11-8-5-2/h7,10,16,19,23-26,28-29,32-33,37,40,56H,4-6,8-9,11-15,17-18,20-22,27,30-31,34-36,38-39,41-55H2,1-3H3/b10-7-,19-16-,25-23-,26-24-,29-28-,33-32-,40-37-. The lowest BCUT2D eigenvalue weighted by Gasteiger charge is -2.18. The summed E-state index contributed by atoms with van der Waals surface area (Å²) < 4.78 is 16.8. The van der Waals surface area contributed by atoms with Gasteiger partial charge in [-0.1, -0.05) is 221 Å². The van der Waals surface area contributed by atoms with Crippen molar-refractivity contribution in [2.45, 2.75) is 258 Å². The van der Waals surface area contributed by atoms with E-state index in [4.69, 9.17) is 14.2 Å². The lowest BCUT2D eigenvalue weighted by Crippen LogP contribution is -2.30. The van der Waals surface area contributed by atoms with Gasteiger partial charge in [0.15, 0.2) is 6.10 Å². The minimum Gasteiger partial charge on any atom is -0.462 e. The van der Waals surface area contributed by atoms with E-state index < -0.39 is 6.10 Å². The van der Waals surface area contributed by atoms with Gasteiger partial charge in [0.1, 0.15) is 13.2 Å². The van der Waals surface area contributed by atoms with E-state index in [0.29, 0.717) is 19.3 Å². The third kappa shape index (κ3) is 51.4. The fraction of sp³-hybridized carbons (Fsp3) is 0.712. The Morgan fingerprint density at radius 1 is 0.323 bits per heavy atom. The van der Waals surface area contributed by atoms with Crippen LogP contribution in [0.2, 0.25) is 0 Å². The molecule has 0 aromatic rings. The third-order valence-electron chi connectivity index (χ3n) is 11.4. The van der Waals surface area contributed by atoms with Gasteiger partial charge in [0.05, 0.1) is 0 Å². The summed E-state index contributed by atoms with van der Waals surface area (Å²) in [5.74, 6) is -0.942. The van der Waals surface area contributed by atoms with Crippen molar-refractivity contribution >= 4 is 17.9 Å². The molecule has 0 aliphatic carbocycles. The second-order valence-corrected chi connectivity index (χ2v) is 17.8. The Balaban J connectivity index is 4.40. The van der Waals surface area contributed by atoms with E-state index >= 15 is 0 Å². The molecule has 6 heteroatoms. The van der Waals surface area contributed by atoms with Gasteiger partial charge in [0.2, 0.25) is 0 Å². The van der Waals surface area contributed by atoms with Crippen LogP contribution in [0.5, 0.6) is 0 Å². The maximum atomic E-state index is 12.8. The Morgan fingerprint density at radius 3 is 0.985 bits per heavy atom. The van der Waals surface area contributed by atoms with Crippen LogP contribution in [0.4, 0.5) is 0 Å². The summed E-state index contributed by atoms with van der Waals surface area (Å²) in [5, 5.41) is 0. The van der Waals surface area contributed by atoms with Crippen molar-refractivity contribution < 1.29 is 28.6 Å². The Morgan fingerprint density at radius 2 is 0.600 bits per heavy atom. The monoisotopic (exact) mass is 905 g/mol. The lowest BCUT2D eigenvalue weighted by atomic mass is 10.1. The number of allylic oxidation sites excluding steroid dienone is 14. The first-order valence-corrected chi connectivity index (χ1v) is 27.1. The quantitative estimate of drug-likeness (QED) is 0.0262. The molecule has 0 aliphatic heterocycles. The zero-order valence-corrected chi connectivity index (χ0v) is 42.5. The predicted octanol–water partition coefficient (Wildman–Crippen LogP) is 18.0. The molecule has 0 fully saturated rings.